The Morgan fingerprint density at radius 3 is 1.50 bits per heavy atom. The van der Waals surface area contributed by atoms with Gasteiger partial charge >= 0.3 is 217 Å². The third-order valence-corrected chi connectivity index (χ3v) is 14.2. The average molecular weight is 532 g/mol. The van der Waals surface area contributed by atoms with Crippen molar-refractivity contribution in [3.05, 3.63) is 30.3 Å². The zero-order chi connectivity index (χ0) is 26.2. The van der Waals surface area contributed by atoms with E-state index in [4.69, 9.17) is 9.05 Å². The summed E-state index contributed by atoms with van der Waals surface area (Å²) in [5.74, 6) is 1.12. The summed E-state index contributed by atoms with van der Waals surface area (Å²) in [5.41, 5.74) is 0.277. The van der Waals surface area contributed by atoms with E-state index in [0.29, 0.717) is 24.7 Å². The fourth-order valence-corrected chi connectivity index (χ4v) is 9.99. The molecule has 0 atom stereocenters. The zero-order valence-corrected chi connectivity index (χ0v) is 25.3. The molecule has 0 aromatic heterocycles. The van der Waals surface area contributed by atoms with Gasteiger partial charge in [0, 0.05) is 0 Å². The quantitative estimate of drug-likeness (QED) is 0.217. The van der Waals surface area contributed by atoms with E-state index in [1.54, 1.807) is 0 Å². The van der Waals surface area contributed by atoms with Gasteiger partial charge in [0.2, 0.25) is 0 Å². The molecule has 34 heavy (non-hydrogen) atoms. The van der Waals surface area contributed by atoms with Gasteiger partial charge in [-0.05, 0) is 0 Å². The molecular weight excluding hydrogens is 485 g/mol. The zero-order valence-electron chi connectivity index (χ0n) is 22.8. The minimum atomic E-state index is -3.48. The number of carbonyl (C=O) groups is 2. The van der Waals surface area contributed by atoms with Crippen LogP contribution in [0.15, 0.2) is 30.3 Å². The fraction of sp³-hybridized carbons (Fsp3) is 0.692. The van der Waals surface area contributed by atoms with Crippen LogP contribution in [0.3, 0.4) is 0 Å². The predicted molar refractivity (Wildman–Crippen MR) is 153 cm³/mol. The Morgan fingerprint density at radius 2 is 1.18 bits per heavy atom. The van der Waals surface area contributed by atoms with Gasteiger partial charge < -0.3 is 0 Å². The van der Waals surface area contributed by atoms with Crippen molar-refractivity contribution in [1.82, 2.24) is 0 Å². The first kappa shape index (κ1) is 31.4. The van der Waals surface area contributed by atoms with E-state index >= 15 is 0 Å². The van der Waals surface area contributed by atoms with E-state index in [1.807, 2.05) is 71.9 Å². The molecule has 1 aromatic rings. The molecule has 0 bridgehead atoms. The number of anilines is 1. The van der Waals surface area contributed by atoms with Crippen molar-refractivity contribution in [1.29, 1.82) is 0 Å². The normalized spacial score (nSPS) is 14.2. The van der Waals surface area contributed by atoms with E-state index in [9.17, 15) is 9.59 Å². The van der Waals surface area contributed by atoms with Gasteiger partial charge in [-0.1, -0.05) is 0 Å². The van der Waals surface area contributed by atoms with Crippen molar-refractivity contribution in [3.63, 3.8) is 0 Å². The summed E-state index contributed by atoms with van der Waals surface area (Å²) in [7, 11) is -3.48. The molecule has 0 saturated carbocycles. The predicted octanol–water partition coefficient (Wildman–Crippen LogP) is 7.86. The van der Waals surface area contributed by atoms with E-state index < -0.39 is 7.21 Å². The first-order chi connectivity index (χ1) is 15.5. The maximum atomic E-state index is 12.4. The Kier molecular flexibility index (Phi) is 11.6. The first-order valence-electron chi connectivity index (χ1n) is 12.0. The Labute approximate surface area is 216 Å². The van der Waals surface area contributed by atoms with Gasteiger partial charge in [-0.3, -0.25) is 0 Å². The molecular formula is C26H46NO4PS2. The Bertz CT molecular complexity index is 755. The number of thioether (sulfide) groups is 2. The van der Waals surface area contributed by atoms with Gasteiger partial charge in [0.25, 0.3) is 0 Å². The monoisotopic (exact) mass is 531 g/mol. The number of carbonyl (C=O) groups excluding carboxylic acids is 2. The van der Waals surface area contributed by atoms with Gasteiger partial charge in [-0.15, -0.1) is 0 Å². The number of benzene rings is 1. The van der Waals surface area contributed by atoms with Crippen LogP contribution in [0.5, 0.6) is 0 Å². The number of hydrogen-bond acceptors (Lipinski definition) is 7. The summed E-state index contributed by atoms with van der Waals surface area (Å²) in [6.45, 7) is 20.9. The molecule has 0 radical (unpaired) electrons. The van der Waals surface area contributed by atoms with Gasteiger partial charge in [0.15, 0.2) is 0 Å². The molecule has 196 valence electrons. The van der Waals surface area contributed by atoms with Crippen LogP contribution < -0.4 is 5.09 Å². The summed E-state index contributed by atoms with van der Waals surface area (Å²) >= 11 is 2.62. The molecule has 1 rings (SSSR count). The molecule has 0 aliphatic rings. The first-order valence-corrected chi connectivity index (χ1v) is 16.2. The second-order valence-electron chi connectivity index (χ2n) is 11.2. The number of para-hydroxylation sites is 1. The van der Waals surface area contributed by atoms with Gasteiger partial charge in [0.1, 0.15) is 0 Å². The van der Waals surface area contributed by atoms with Gasteiger partial charge in [0.05, 0.1) is 0 Å². The molecule has 0 saturated heterocycles. The van der Waals surface area contributed by atoms with Crippen molar-refractivity contribution in [2.45, 2.75) is 80.6 Å². The maximum absolute atomic E-state index is 12.4. The van der Waals surface area contributed by atoms with E-state index in [0.717, 1.165) is 5.69 Å². The Balaban J connectivity index is 3.18. The third kappa shape index (κ3) is 8.23. The summed E-state index contributed by atoms with van der Waals surface area (Å²) in [5, 5.41) is 4.04. The van der Waals surface area contributed by atoms with Crippen LogP contribution in [-0.2, 0) is 18.6 Å². The van der Waals surface area contributed by atoms with E-state index in [-0.39, 0.29) is 32.4 Å². The summed E-state index contributed by atoms with van der Waals surface area (Å²) in [4.78, 5) is 24.8. The molecule has 5 nitrogen and oxygen atoms in total. The van der Waals surface area contributed by atoms with Gasteiger partial charge in [-0.2, -0.15) is 0 Å². The Morgan fingerprint density at radius 1 is 0.794 bits per heavy atom. The molecule has 0 aliphatic carbocycles. The number of nitrogens with one attached hydrogen (secondary N) is 1. The SMILES string of the molecule is CC(C)P(Nc1ccccc1)(OCCSC(=O)C(C)(C)C)(OCCSC(=O)C(C)(C)C)C(C)C. The molecule has 0 unspecified atom stereocenters. The summed E-state index contributed by atoms with van der Waals surface area (Å²) < 4.78 is 13.6. The van der Waals surface area contributed by atoms with Crippen LogP contribution in [0, 0.1) is 10.8 Å². The molecule has 1 aromatic carbocycles. The number of hydrogen-bond donors (Lipinski definition) is 1. The van der Waals surface area contributed by atoms with Crippen molar-refractivity contribution in [3.8, 4) is 0 Å². The van der Waals surface area contributed by atoms with Crippen LogP contribution in [0.2, 0.25) is 0 Å². The molecule has 0 spiro atoms. The van der Waals surface area contributed by atoms with Crippen LogP contribution >= 0.6 is 30.7 Å². The second kappa shape index (κ2) is 12.6. The standard InChI is InChI=1S/C26H46NO4PS2/c1-20(2)32(21(3)4,27-22-14-12-11-13-15-22,30-16-18-33-23(28)25(5,6)7)31-17-19-34-24(29)26(8,9)10/h11-15,20-21,27H,16-19H2,1-10H3. The van der Waals surface area contributed by atoms with Crippen LogP contribution in [-0.4, -0.2) is 46.3 Å². The number of rotatable bonds is 12. The molecule has 0 fully saturated rings. The van der Waals surface area contributed by atoms with Crippen molar-refractivity contribution in [2.24, 2.45) is 10.8 Å². The summed E-state index contributed by atoms with van der Waals surface area (Å²) in [6, 6.07) is 10.0. The molecule has 0 amide bonds. The third-order valence-electron chi connectivity index (χ3n) is 5.65. The van der Waals surface area contributed by atoms with Crippen LogP contribution in [0.25, 0.3) is 0 Å². The minimum absolute atomic E-state index is 0.0536. The van der Waals surface area contributed by atoms with Crippen molar-refractivity contribution < 1.29 is 18.6 Å². The summed E-state index contributed by atoms with van der Waals surface area (Å²) in [6.07, 6.45) is 0. The fourth-order valence-electron chi connectivity index (χ4n) is 3.47. The average Bonchev–Trinajstić information content (AvgIpc) is 2.72. The molecule has 1 N–H and O–H groups in total. The topological polar surface area (TPSA) is 64.6 Å². The molecule has 0 heterocycles. The van der Waals surface area contributed by atoms with Crippen molar-refractivity contribution >= 4 is 46.6 Å². The molecule has 0 aliphatic heterocycles. The molecule has 8 heteroatoms. The Hall–Kier alpha value is -0.590. The van der Waals surface area contributed by atoms with Crippen LogP contribution in [0.4, 0.5) is 5.69 Å². The van der Waals surface area contributed by atoms with E-state index in [2.05, 4.69) is 32.8 Å². The van der Waals surface area contributed by atoms with E-state index in [1.165, 1.54) is 23.5 Å². The van der Waals surface area contributed by atoms with Crippen molar-refractivity contribution in [2.75, 3.05) is 29.8 Å². The second-order valence-corrected chi connectivity index (χ2v) is 18.3. The van der Waals surface area contributed by atoms with Gasteiger partial charge in [-0.25, -0.2) is 0 Å². The van der Waals surface area contributed by atoms with Crippen LogP contribution in [0.1, 0.15) is 69.2 Å².